The monoisotopic (exact) mass is 453 g/mol. The number of rotatable bonds is 6. The molecule has 11 heteroatoms. The number of hydrogen-bond acceptors (Lipinski definition) is 7. The molecule has 1 aromatic carbocycles. The van der Waals surface area contributed by atoms with Gasteiger partial charge in [-0.1, -0.05) is 0 Å². The Bertz CT molecular complexity index is 1390. The average Bonchev–Trinajstić information content (AvgIpc) is 3.20. The molecule has 0 amide bonds. The summed E-state index contributed by atoms with van der Waals surface area (Å²) in [5, 5.41) is 8.59. The first-order valence-electron chi connectivity index (χ1n) is 9.80. The van der Waals surface area contributed by atoms with E-state index in [4.69, 9.17) is 4.74 Å². The first kappa shape index (κ1) is 21.5. The van der Waals surface area contributed by atoms with Crippen LogP contribution in [0.4, 0.5) is 5.69 Å². The van der Waals surface area contributed by atoms with Gasteiger partial charge in [-0.2, -0.15) is 10.2 Å². The maximum absolute atomic E-state index is 12.8. The molecule has 32 heavy (non-hydrogen) atoms. The average molecular weight is 454 g/mol. The summed E-state index contributed by atoms with van der Waals surface area (Å²) in [6.45, 7) is 7.24. The molecule has 10 nitrogen and oxygen atoms in total. The van der Waals surface area contributed by atoms with Gasteiger partial charge >= 0.3 is 0 Å². The van der Waals surface area contributed by atoms with Crippen LogP contribution in [0.15, 0.2) is 47.6 Å². The van der Waals surface area contributed by atoms with Gasteiger partial charge in [0.1, 0.15) is 17.0 Å². The van der Waals surface area contributed by atoms with Gasteiger partial charge in [-0.3, -0.25) is 9.40 Å². The molecule has 4 aromatic rings. The van der Waals surface area contributed by atoms with Gasteiger partial charge in [0.15, 0.2) is 5.82 Å². The fourth-order valence-corrected chi connectivity index (χ4v) is 4.92. The minimum absolute atomic E-state index is 0.179. The fraction of sp³-hybridized carbons (Fsp3) is 0.238. The van der Waals surface area contributed by atoms with E-state index in [1.165, 1.54) is 6.33 Å². The van der Waals surface area contributed by atoms with Crippen LogP contribution in [0.1, 0.15) is 22.8 Å². The Balaban J connectivity index is 1.51. The third kappa shape index (κ3) is 4.19. The highest BCUT2D eigenvalue weighted by molar-refractivity contribution is 7.92. The molecule has 0 aliphatic rings. The van der Waals surface area contributed by atoms with Crippen molar-refractivity contribution in [2.24, 2.45) is 7.05 Å². The fourth-order valence-electron chi connectivity index (χ4n) is 3.42. The maximum Gasteiger partial charge on any atom is 0.265 e. The van der Waals surface area contributed by atoms with Crippen LogP contribution in [0.2, 0.25) is 0 Å². The van der Waals surface area contributed by atoms with E-state index < -0.39 is 10.0 Å². The molecule has 4 rings (SSSR count). The predicted octanol–water partition coefficient (Wildman–Crippen LogP) is 3.22. The number of ether oxygens (including phenoxy) is 1. The van der Waals surface area contributed by atoms with Crippen molar-refractivity contribution in [2.45, 2.75) is 32.6 Å². The molecule has 0 fully saturated rings. The third-order valence-corrected chi connectivity index (χ3v) is 6.53. The van der Waals surface area contributed by atoms with E-state index in [-0.39, 0.29) is 4.90 Å². The molecule has 0 bridgehead atoms. The number of nitrogens with one attached hydrogen (secondary N) is 1. The second kappa shape index (κ2) is 8.08. The van der Waals surface area contributed by atoms with Gasteiger partial charge in [0, 0.05) is 24.5 Å². The Hall–Kier alpha value is -3.73. The largest absolute Gasteiger partial charge is 0.439 e. The van der Waals surface area contributed by atoms with E-state index in [1.54, 1.807) is 60.6 Å². The second-order valence-corrected chi connectivity index (χ2v) is 9.03. The Morgan fingerprint density at radius 3 is 2.28 bits per heavy atom. The number of aryl methyl sites for hydroxylation is 4. The summed E-state index contributed by atoms with van der Waals surface area (Å²) < 4.78 is 37.3. The van der Waals surface area contributed by atoms with E-state index in [1.807, 2.05) is 19.9 Å². The highest BCUT2D eigenvalue weighted by atomic mass is 32.2. The van der Waals surface area contributed by atoms with Crippen molar-refractivity contribution < 1.29 is 13.2 Å². The number of aromatic nitrogens is 6. The first-order chi connectivity index (χ1) is 15.1. The molecule has 0 aliphatic heterocycles. The molecule has 0 saturated carbocycles. The molecular formula is C21H23N7O3S. The van der Waals surface area contributed by atoms with Crippen molar-refractivity contribution in [1.82, 2.24) is 29.5 Å². The summed E-state index contributed by atoms with van der Waals surface area (Å²) in [5.74, 6) is 1.43. The SMILES string of the molecule is Cc1cc(C)n(-c2cc(Oc3ccc(NS(=O)(=O)c4c(C)nn(C)c4C)cc3)ncn2)n1. The van der Waals surface area contributed by atoms with Crippen molar-refractivity contribution >= 4 is 15.7 Å². The van der Waals surface area contributed by atoms with Crippen LogP contribution in [0.25, 0.3) is 5.82 Å². The van der Waals surface area contributed by atoms with Gasteiger partial charge in [-0.05, 0) is 58.0 Å². The zero-order valence-electron chi connectivity index (χ0n) is 18.4. The van der Waals surface area contributed by atoms with Crippen LogP contribution in [-0.2, 0) is 17.1 Å². The zero-order chi connectivity index (χ0) is 23.0. The van der Waals surface area contributed by atoms with Crippen LogP contribution in [0.3, 0.4) is 0 Å². The standard InChI is InChI=1S/C21H23N7O3S/c1-13-10-14(2)28(24-13)19-11-20(23-12-22-19)31-18-8-6-17(7-9-18)26-32(29,30)21-15(3)25-27(5)16(21)4/h6-12,26H,1-5H3. The quantitative estimate of drug-likeness (QED) is 0.476. The van der Waals surface area contributed by atoms with E-state index >= 15 is 0 Å². The molecule has 3 aromatic heterocycles. The molecular weight excluding hydrogens is 430 g/mol. The van der Waals surface area contributed by atoms with E-state index in [9.17, 15) is 8.42 Å². The maximum atomic E-state index is 12.8. The van der Waals surface area contributed by atoms with E-state index in [2.05, 4.69) is 24.9 Å². The molecule has 0 saturated heterocycles. The summed E-state index contributed by atoms with van der Waals surface area (Å²) in [6.07, 6.45) is 1.40. The lowest BCUT2D eigenvalue weighted by Crippen LogP contribution is -2.14. The van der Waals surface area contributed by atoms with Crippen molar-refractivity contribution in [1.29, 1.82) is 0 Å². The summed E-state index contributed by atoms with van der Waals surface area (Å²) in [4.78, 5) is 8.57. The minimum atomic E-state index is -3.77. The molecule has 0 spiro atoms. The number of sulfonamides is 1. The number of hydrogen-bond donors (Lipinski definition) is 1. The summed E-state index contributed by atoms with van der Waals surface area (Å²) in [7, 11) is -2.06. The van der Waals surface area contributed by atoms with Crippen molar-refractivity contribution in [3.05, 3.63) is 65.5 Å². The Kier molecular flexibility index (Phi) is 5.43. The molecule has 0 radical (unpaired) electrons. The van der Waals surface area contributed by atoms with Gasteiger partial charge in [0.2, 0.25) is 5.88 Å². The van der Waals surface area contributed by atoms with Crippen LogP contribution in [0, 0.1) is 27.7 Å². The Morgan fingerprint density at radius 2 is 1.69 bits per heavy atom. The summed E-state index contributed by atoms with van der Waals surface area (Å²) in [6, 6.07) is 10.2. The lowest BCUT2D eigenvalue weighted by Gasteiger charge is -2.10. The highest BCUT2D eigenvalue weighted by Gasteiger charge is 2.23. The molecule has 3 heterocycles. The summed E-state index contributed by atoms with van der Waals surface area (Å²) >= 11 is 0. The second-order valence-electron chi connectivity index (χ2n) is 7.41. The topological polar surface area (TPSA) is 117 Å². The number of nitrogens with zero attached hydrogens (tertiary/aromatic N) is 6. The van der Waals surface area contributed by atoms with Gasteiger partial charge in [-0.15, -0.1) is 0 Å². The Morgan fingerprint density at radius 1 is 0.969 bits per heavy atom. The zero-order valence-corrected chi connectivity index (χ0v) is 19.2. The van der Waals surface area contributed by atoms with Crippen LogP contribution >= 0.6 is 0 Å². The van der Waals surface area contributed by atoms with E-state index in [0.717, 1.165) is 11.4 Å². The van der Waals surface area contributed by atoms with Crippen molar-refractivity contribution in [3.8, 4) is 17.4 Å². The lowest BCUT2D eigenvalue weighted by molar-refractivity contribution is 0.460. The Labute approximate surface area is 186 Å². The lowest BCUT2D eigenvalue weighted by atomic mass is 10.3. The van der Waals surface area contributed by atoms with Gasteiger partial charge in [0.25, 0.3) is 10.0 Å². The first-order valence-corrected chi connectivity index (χ1v) is 11.3. The predicted molar refractivity (Wildman–Crippen MR) is 119 cm³/mol. The number of benzene rings is 1. The molecule has 0 aliphatic carbocycles. The molecule has 1 N–H and O–H groups in total. The van der Waals surface area contributed by atoms with Gasteiger partial charge in [0.05, 0.1) is 17.1 Å². The molecule has 166 valence electrons. The smallest absolute Gasteiger partial charge is 0.265 e. The number of anilines is 1. The van der Waals surface area contributed by atoms with Crippen LogP contribution < -0.4 is 9.46 Å². The van der Waals surface area contributed by atoms with Crippen molar-refractivity contribution in [2.75, 3.05) is 4.72 Å². The van der Waals surface area contributed by atoms with Crippen LogP contribution in [-0.4, -0.2) is 37.9 Å². The molecule has 0 atom stereocenters. The minimum Gasteiger partial charge on any atom is -0.439 e. The normalized spacial score (nSPS) is 11.5. The van der Waals surface area contributed by atoms with Crippen molar-refractivity contribution in [3.63, 3.8) is 0 Å². The van der Waals surface area contributed by atoms with Gasteiger partial charge in [-0.25, -0.2) is 23.1 Å². The third-order valence-electron chi connectivity index (χ3n) is 4.89. The summed E-state index contributed by atoms with van der Waals surface area (Å²) in [5.41, 5.74) is 3.25. The van der Waals surface area contributed by atoms with Gasteiger partial charge < -0.3 is 4.74 Å². The molecule has 0 unspecified atom stereocenters. The highest BCUT2D eigenvalue weighted by Crippen LogP contribution is 2.26. The van der Waals surface area contributed by atoms with Crippen LogP contribution in [0.5, 0.6) is 11.6 Å². The van der Waals surface area contributed by atoms with E-state index in [0.29, 0.717) is 34.5 Å².